The molecule has 0 aromatic heterocycles. The van der Waals surface area contributed by atoms with Gasteiger partial charge in [0.25, 0.3) is 0 Å². The molecule has 2 rings (SSSR count). The van der Waals surface area contributed by atoms with Gasteiger partial charge in [0.1, 0.15) is 0 Å². The van der Waals surface area contributed by atoms with Crippen LogP contribution in [0.4, 0.5) is 0 Å². The van der Waals surface area contributed by atoms with Crippen LogP contribution in [0.1, 0.15) is 11.1 Å². The number of carbonyl (C=O) groups is 1. The van der Waals surface area contributed by atoms with E-state index in [0.29, 0.717) is 13.0 Å². The van der Waals surface area contributed by atoms with Gasteiger partial charge in [-0.15, -0.1) is 0 Å². The maximum absolute atomic E-state index is 12.2. The van der Waals surface area contributed by atoms with Crippen LogP contribution in [-0.4, -0.2) is 48.9 Å². The zero-order valence-corrected chi connectivity index (χ0v) is 10.9. The summed E-state index contributed by atoms with van der Waals surface area (Å²) in [6.45, 7) is 4.08. The molecule has 0 atom stereocenters. The Labute approximate surface area is 108 Å². The molecule has 1 saturated heterocycles. The summed E-state index contributed by atoms with van der Waals surface area (Å²) < 4.78 is 0. The Hall–Kier alpha value is -1.39. The molecule has 0 spiro atoms. The van der Waals surface area contributed by atoms with Gasteiger partial charge in [-0.05, 0) is 18.2 Å². The van der Waals surface area contributed by atoms with Crippen molar-refractivity contribution in [2.24, 2.45) is 5.73 Å². The average Bonchev–Trinajstić information content (AvgIpc) is 2.40. The summed E-state index contributed by atoms with van der Waals surface area (Å²) in [7, 11) is 2.09. The highest BCUT2D eigenvalue weighted by molar-refractivity contribution is 5.79. The number of benzene rings is 1. The van der Waals surface area contributed by atoms with Crippen LogP contribution in [0.5, 0.6) is 0 Å². The van der Waals surface area contributed by atoms with Crippen molar-refractivity contribution in [3.63, 3.8) is 0 Å². The maximum Gasteiger partial charge on any atom is 0.227 e. The van der Waals surface area contributed by atoms with Crippen molar-refractivity contribution >= 4 is 5.91 Å². The average molecular weight is 247 g/mol. The Morgan fingerprint density at radius 2 is 1.78 bits per heavy atom. The molecule has 1 aromatic rings. The van der Waals surface area contributed by atoms with E-state index in [1.807, 2.05) is 29.2 Å². The highest BCUT2D eigenvalue weighted by atomic mass is 16.2. The molecule has 1 amide bonds. The van der Waals surface area contributed by atoms with Gasteiger partial charge < -0.3 is 15.5 Å². The van der Waals surface area contributed by atoms with Gasteiger partial charge in [0, 0.05) is 32.7 Å². The van der Waals surface area contributed by atoms with Crippen LogP contribution in [0.2, 0.25) is 0 Å². The van der Waals surface area contributed by atoms with Gasteiger partial charge in [-0.1, -0.05) is 24.3 Å². The fraction of sp³-hybridized carbons (Fsp3) is 0.500. The highest BCUT2D eigenvalue weighted by Crippen LogP contribution is 2.11. The molecule has 1 fully saturated rings. The number of nitrogens with zero attached hydrogens (tertiary/aromatic N) is 2. The summed E-state index contributed by atoms with van der Waals surface area (Å²) >= 11 is 0. The summed E-state index contributed by atoms with van der Waals surface area (Å²) in [5, 5.41) is 0. The molecule has 0 saturated carbocycles. The molecule has 0 radical (unpaired) electrons. The van der Waals surface area contributed by atoms with E-state index in [1.54, 1.807) is 0 Å². The molecule has 4 nitrogen and oxygen atoms in total. The first-order valence-corrected chi connectivity index (χ1v) is 6.44. The molecule has 0 unspecified atom stereocenters. The van der Waals surface area contributed by atoms with E-state index in [-0.39, 0.29) is 5.91 Å². The number of rotatable bonds is 3. The molecule has 1 aromatic carbocycles. The van der Waals surface area contributed by atoms with Crippen molar-refractivity contribution in [1.29, 1.82) is 0 Å². The van der Waals surface area contributed by atoms with E-state index >= 15 is 0 Å². The second-order valence-corrected chi connectivity index (χ2v) is 4.83. The number of nitrogens with two attached hydrogens (primary N) is 1. The van der Waals surface area contributed by atoms with Gasteiger partial charge in [-0.3, -0.25) is 4.79 Å². The monoisotopic (exact) mass is 247 g/mol. The van der Waals surface area contributed by atoms with Crippen LogP contribution >= 0.6 is 0 Å². The molecule has 1 heterocycles. The Morgan fingerprint density at radius 1 is 1.17 bits per heavy atom. The number of piperazine rings is 1. The minimum absolute atomic E-state index is 0.212. The third kappa shape index (κ3) is 3.09. The quantitative estimate of drug-likeness (QED) is 0.844. The Morgan fingerprint density at radius 3 is 2.39 bits per heavy atom. The third-order valence-corrected chi connectivity index (χ3v) is 3.54. The highest BCUT2D eigenvalue weighted by Gasteiger charge is 2.19. The lowest BCUT2D eigenvalue weighted by atomic mass is 10.0. The fourth-order valence-corrected chi connectivity index (χ4v) is 2.26. The van der Waals surface area contributed by atoms with E-state index in [0.717, 1.165) is 37.3 Å². The summed E-state index contributed by atoms with van der Waals surface area (Å²) in [4.78, 5) is 16.4. The number of hydrogen-bond donors (Lipinski definition) is 1. The second kappa shape index (κ2) is 5.98. The lowest BCUT2D eigenvalue weighted by Crippen LogP contribution is -2.47. The van der Waals surface area contributed by atoms with E-state index in [9.17, 15) is 4.79 Å². The maximum atomic E-state index is 12.2. The second-order valence-electron chi connectivity index (χ2n) is 4.83. The van der Waals surface area contributed by atoms with Crippen molar-refractivity contribution in [3.05, 3.63) is 35.4 Å². The van der Waals surface area contributed by atoms with E-state index in [4.69, 9.17) is 5.73 Å². The van der Waals surface area contributed by atoms with Crippen LogP contribution in [0, 0.1) is 0 Å². The topological polar surface area (TPSA) is 49.6 Å². The largest absolute Gasteiger partial charge is 0.340 e. The Bertz CT molecular complexity index is 411. The van der Waals surface area contributed by atoms with E-state index < -0.39 is 0 Å². The van der Waals surface area contributed by atoms with Gasteiger partial charge in [0.15, 0.2) is 0 Å². The van der Waals surface area contributed by atoms with Crippen LogP contribution < -0.4 is 5.73 Å². The molecule has 0 aliphatic carbocycles. The van der Waals surface area contributed by atoms with Gasteiger partial charge in [-0.25, -0.2) is 0 Å². The first-order chi connectivity index (χ1) is 8.70. The van der Waals surface area contributed by atoms with Gasteiger partial charge in [-0.2, -0.15) is 0 Å². The summed E-state index contributed by atoms with van der Waals surface area (Å²) in [6.07, 6.45) is 0.469. The lowest BCUT2D eigenvalue weighted by Gasteiger charge is -2.32. The number of likely N-dealkylation sites (N-methyl/N-ethyl adjacent to an activating group) is 1. The van der Waals surface area contributed by atoms with Crippen LogP contribution in [-0.2, 0) is 17.8 Å². The zero-order valence-electron chi connectivity index (χ0n) is 10.9. The Kier molecular flexibility index (Phi) is 4.33. The SMILES string of the molecule is CN1CCN(C(=O)Cc2ccccc2CN)CC1. The van der Waals surface area contributed by atoms with Crippen LogP contribution in [0.3, 0.4) is 0 Å². The minimum atomic E-state index is 0.212. The van der Waals surface area contributed by atoms with Gasteiger partial charge in [0.05, 0.1) is 6.42 Å². The predicted molar refractivity (Wildman–Crippen MR) is 72.1 cm³/mol. The molecule has 1 aliphatic heterocycles. The molecule has 0 bridgehead atoms. The smallest absolute Gasteiger partial charge is 0.227 e. The summed E-state index contributed by atoms with van der Waals surface area (Å²) in [5.74, 6) is 0.212. The summed E-state index contributed by atoms with van der Waals surface area (Å²) in [6, 6.07) is 7.92. The molecular weight excluding hydrogens is 226 g/mol. The van der Waals surface area contributed by atoms with Crippen molar-refractivity contribution < 1.29 is 4.79 Å². The Balaban J connectivity index is 1.98. The molecule has 1 aliphatic rings. The van der Waals surface area contributed by atoms with Crippen LogP contribution in [0.25, 0.3) is 0 Å². The number of carbonyl (C=O) groups excluding carboxylic acids is 1. The van der Waals surface area contributed by atoms with E-state index in [1.165, 1.54) is 0 Å². The summed E-state index contributed by atoms with van der Waals surface area (Å²) in [5.41, 5.74) is 7.82. The minimum Gasteiger partial charge on any atom is -0.340 e. The van der Waals surface area contributed by atoms with Gasteiger partial charge >= 0.3 is 0 Å². The van der Waals surface area contributed by atoms with Gasteiger partial charge in [0.2, 0.25) is 5.91 Å². The molecule has 2 N–H and O–H groups in total. The number of hydrogen-bond acceptors (Lipinski definition) is 3. The number of amides is 1. The first-order valence-electron chi connectivity index (χ1n) is 6.44. The molecule has 18 heavy (non-hydrogen) atoms. The third-order valence-electron chi connectivity index (χ3n) is 3.54. The first kappa shape index (κ1) is 13.1. The fourth-order valence-electron chi connectivity index (χ4n) is 2.26. The predicted octanol–water partition coefficient (Wildman–Crippen LogP) is 0.462. The molecule has 98 valence electrons. The molecule has 4 heteroatoms. The zero-order chi connectivity index (χ0) is 13.0. The normalized spacial score (nSPS) is 16.9. The lowest BCUT2D eigenvalue weighted by molar-refractivity contribution is -0.132. The standard InChI is InChI=1S/C14H21N3O/c1-16-6-8-17(9-7-16)14(18)10-12-4-2-3-5-13(12)11-15/h2-5H,6-11,15H2,1H3. The van der Waals surface area contributed by atoms with E-state index in [2.05, 4.69) is 11.9 Å². The molecular formula is C14H21N3O. The van der Waals surface area contributed by atoms with Crippen molar-refractivity contribution in [1.82, 2.24) is 9.80 Å². The van der Waals surface area contributed by atoms with Crippen molar-refractivity contribution in [2.45, 2.75) is 13.0 Å². The van der Waals surface area contributed by atoms with Crippen LogP contribution in [0.15, 0.2) is 24.3 Å². The van der Waals surface area contributed by atoms with Crippen molar-refractivity contribution in [3.8, 4) is 0 Å². The van der Waals surface area contributed by atoms with Crippen molar-refractivity contribution in [2.75, 3.05) is 33.2 Å².